The number of carbonyl (C=O) groups is 1. The molecule has 2 N–H and O–H groups in total. The molecule has 0 radical (unpaired) electrons. The lowest BCUT2D eigenvalue weighted by atomic mass is 9.92. The van der Waals surface area contributed by atoms with E-state index in [2.05, 4.69) is 0 Å². The molecular weight excluding hydrogens is 469 g/mol. The molecule has 1 aromatic heterocycles. The average molecular weight is 495 g/mol. The van der Waals surface area contributed by atoms with Crippen LogP contribution in [0.1, 0.15) is 28.7 Å². The highest BCUT2D eigenvalue weighted by Crippen LogP contribution is 2.38. The molecule has 0 spiro atoms. The first-order chi connectivity index (χ1) is 16.0. The van der Waals surface area contributed by atoms with Crippen LogP contribution in [0.25, 0.3) is 11.1 Å². The molecule has 0 aliphatic carbocycles. The second kappa shape index (κ2) is 10.2. The Morgan fingerprint density at radius 3 is 2.15 bits per heavy atom. The van der Waals surface area contributed by atoms with Crippen LogP contribution in [0, 0.1) is 5.41 Å². The molecule has 0 unspecified atom stereocenters. The summed E-state index contributed by atoms with van der Waals surface area (Å²) in [6.07, 6.45) is -4.71. The number of alkyl halides is 3. The number of hydrogen-bond acceptors (Lipinski definition) is 3. The van der Waals surface area contributed by atoms with E-state index >= 15 is 0 Å². The molecule has 3 aromatic rings. The van der Waals surface area contributed by atoms with Gasteiger partial charge in [0.25, 0.3) is 5.91 Å². The summed E-state index contributed by atoms with van der Waals surface area (Å²) in [5, 5.41) is 19.7. The summed E-state index contributed by atoms with van der Waals surface area (Å²) in [6, 6.07) is 15.8. The van der Waals surface area contributed by atoms with E-state index in [0.29, 0.717) is 16.1 Å². The lowest BCUT2D eigenvalue weighted by Gasteiger charge is -2.31. The lowest BCUT2D eigenvalue weighted by molar-refractivity contribution is -0.143. The molecule has 9 heteroatoms. The number of benzene rings is 2. The molecule has 3 rings (SSSR count). The molecule has 1 heterocycles. The summed E-state index contributed by atoms with van der Waals surface area (Å²) in [7, 11) is 1.44. The second-order valence-electron chi connectivity index (χ2n) is 8.66. The molecule has 0 bridgehead atoms. The van der Waals surface area contributed by atoms with Crippen LogP contribution < -0.4 is 0 Å². The number of amides is 1. The van der Waals surface area contributed by atoms with Gasteiger partial charge in [-0.2, -0.15) is 13.2 Å². The van der Waals surface area contributed by atoms with Gasteiger partial charge in [0.2, 0.25) is 0 Å². The third-order valence-electron chi connectivity index (χ3n) is 5.66. The number of nitrogens with zero attached hydrogens (tertiary/aromatic N) is 2. The van der Waals surface area contributed by atoms with Gasteiger partial charge in [-0.25, -0.2) is 0 Å². The largest absolute Gasteiger partial charge is 0.431 e. The number of aliphatic hydroxyl groups excluding tert-OH is 2. The highest BCUT2D eigenvalue weighted by molar-refractivity contribution is 6.30. The van der Waals surface area contributed by atoms with Gasteiger partial charge in [0.1, 0.15) is 11.4 Å². The summed E-state index contributed by atoms with van der Waals surface area (Å²) < 4.78 is 43.4. The predicted octanol–water partition coefficient (Wildman–Crippen LogP) is 4.94. The van der Waals surface area contributed by atoms with E-state index in [9.17, 15) is 28.2 Å². The maximum absolute atomic E-state index is 14.1. The second-order valence-corrected chi connectivity index (χ2v) is 9.09. The highest BCUT2D eigenvalue weighted by Gasteiger charge is 2.39. The van der Waals surface area contributed by atoms with Gasteiger partial charge >= 0.3 is 6.18 Å². The molecule has 0 aliphatic rings. The monoisotopic (exact) mass is 494 g/mol. The summed E-state index contributed by atoms with van der Waals surface area (Å²) in [6.45, 7) is 0.557. The van der Waals surface area contributed by atoms with Crippen molar-refractivity contribution in [1.29, 1.82) is 0 Å². The quantitative estimate of drug-likeness (QED) is 0.466. The van der Waals surface area contributed by atoms with Crippen molar-refractivity contribution in [2.24, 2.45) is 5.41 Å². The van der Waals surface area contributed by atoms with Crippen LogP contribution in [0.3, 0.4) is 0 Å². The highest BCUT2D eigenvalue weighted by atomic mass is 35.5. The normalized spacial score (nSPS) is 12.1. The molecule has 0 atom stereocenters. The Balaban J connectivity index is 2.21. The van der Waals surface area contributed by atoms with Gasteiger partial charge in [0.05, 0.1) is 13.2 Å². The van der Waals surface area contributed by atoms with Crippen LogP contribution in [0.2, 0.25) is 5.02 Å². The van der Waals surface area contributed by atoms with E-state index in [-0.39, 0.29) is 24.3 Å². The molecule has 1 amide bonds. The van der Waals surface area contributed by atoms with Crippen molar-refractivity contribution in [3.63, 3.8) is 0 Å². The zero-order valence-electron chi connectivity index (χ0n) is 18.8. The molecule has 0 fully saturated rings. The van der Waals surface area contributed by atoms with Crippen molar-refractivity contribution in [3.8, 4) is 11.1 Å². The Bertz CT molecular complexity index is 1120. The molecule has 182 valence electrons. The first-order valence-electron chi connectivity index (χ1n) is 10.6. The van der Waals surface area contributed by atoms with E-state index in [4.69, 9.17) is 11.6 Å². The van der Waals surface area contributed by atoms with Gasteiger partial charge in [-0.1, -0.05) is 61.0 Å². The van der Waals surface area contributed by atoms with Crippen LogP contribution in [-0.4, -0.2) is 52.4 Å². The number of aliphatic hydroxyl groups is 2. The van der Waals surface area contributed by atoms with Crippen molar-refractivity contribution < 1.29 is 28.2 Å². The van der Waals surface area contributed by atoms with E-state index in [0.717, 1.165) is 10.6 Å². The maximum atomic E-state index is 14.1. The Morgan fingerprint density at radius 1 is 1.03 bits per heavy atom. The average Bonchev–Trinajstić information content (AvgIpc) is 3.19. The Kier molecular flexibility index (Phi) is 7.75. The van der Waals surface area contributed by atoms with Crippen LogP contribution in [0.5, 0.6) is 0 Å². The first-order valence-corrected chi connectivity index (χ1v) is 10.9. The fourth-order valence-electron chi connectivity index (χ4n) is 3.77. The lowest BCUT2D eigenvalue weighted by Crippen LogP contribution is -2.42. The SMILES string of the molecule is CN(CC(C)(CO)CO)C(=O)c1c(-c2ccc(Cl)cc2)cc(C(F)(F)F)n1Cc1ccccc1. The van der Waals surface area contributed by atoms with Gasteiger partial charge in [0, 0.05) is 36.1 Å². The van der Waals surface area contributed by atoms with E-state index in [1.54, 1.807) is 61.5 Å². The molecule has 2 aromatic carbocycles. The molecule has 5 nitrogen and oxygen atoms in total. The zero-order chi connectivity index (χ0) is 25.1. The molecule has 0 saturated heterocycles. The van der Waals surface area contributed by atoms with Crippen LogP contribution >= 0.6 is 11.6 Å². The fourth-order valence-corrected chi connectivity index (χ4v) is 3.90. The topological polar surface area (TPSA) is 65.7 Å². The van der Waals surface area contributed by atoms with Crippen molar-refractivity contribution in [2.75, 3.05) is 26.8 Å². The minimum Gasteiger partial charge on any atom is -0.396 e. The summed E-state index contributed by atoms with van der Waals surface area (Å²) in [4.78, 5) is 14.8. The number of carbonyl (C=O) groups excluding carboxylic acids is 1. The molecular formula is C25H26ClF3N2O3. The third kappa shape index (κ3) is 5.63. The van der Waals surface area contributed by atoms with Crippen LogP contribution in [0.15, 0.2) is 60.7 Å². The number of hydrogen-bond donors (Lipinski definition) is 2. The van der Waals surface area contributed by atoms with E-state index in [1.807, 2.05) is 0 Å². The van der Waals surface area contributed by atoms with Gasteiger partial charge in [-0.05, 0) is 29.3 Å². The van der Waals surface area contributed by atoms with Crippen molar-refractivity contribution in [3.05, 3.63) is 82.6 Å². The minimum atomic E-state index is -4.71. The third-order valence-corrected chi connectivity index (χ3v) is 5.91. The predicted molar refractivity (Wildman–Crippen MR) is 125 cm³/mol. The smallest absolute Gasteiger partial charge is 0.396 e. The fraction of sp³-hybridized carbons (Fsp3) is 0.320. The Morgan fingerprint density at radius 2 is 1.62 bits per heavy atom. The summed E-state index contributed by atoms with van der Waals surface area (Å²) in [5.41, 5.74) is -0.992. The minimum absolute atomic E-state index is 0.0588. The van der Waals surface area contributed by atoms with Crippen LogP contribution in [0.4, 0.5) is 13.2 Å². The first kappa shape index (κ1) is 25.8. The zero-order valence-corrected chi connectivity index (χ0v) is 19.6. The Hall–Kier alpha value is -2.81. The van der Waals surface area contributed by atoms with Crippen molar-refractivity contribution >= 4 is 17.5 Å². The van der Waals surface area contributed by atoms with Crippen LogP contribution in [-0.2, 0) is 12.7 Å². The van der Waals surface area contributed by atoms with E-state index in [1.165, 1.54) is 11.9 Å². The van der Waals surface area contributed by atoms with Crippen molar-refractivity contribution in [2.45, 2.75) is 19.6 Å². The Labute approximate surface area is 201 Å². The number of aromatic nitrogens is 1. The van der Waals surface area contributed by atoms with Gasteiger partial charge in [0.15, 0.2) is 0 Å². The van der Waals surface area contributed by atoms with Crippen molar-refractivity contribution in [1.82, 2.24) is 9.47 Å². The molecule has 34 heavy (non-hydrogen) atoms. The summed E-state index contributed by atoms with van der Waals surface area (Å²) in [5.74, 6) is -0.662. The van der Waals surface area contributed by atoms with E-state index < -0.39 is 36.4 Å². The van der Waals surface area contributed by atoms with Gasteiger partial charge in [-0.3, -0.25) is 4.79 Å². The maximum Gasteiger partial charge on any atom is 0.431 e. The molecule has 0 aliphatic heterocycles. The van der Waals surface area contributed by atoms with Gasteiger partial charge in [-0.15, -0.1) is 0 Å². The summed E-state index contributed by atoms with van der Waals surface area (Å²) >= 11 is 5.97. The molecule has 0 saturated carbocycles. The number of rotatable bonds is 8. The standard InChI is InChI=1S/C25H26ClF3N2O3/c1-24(15-32,16-33)14-30(2)23(34)22-20(18-8-10-19(26)11-9-18)12-21(25(27,28)29)31(22)13-17-6-4-3-5-7-17/h3-12,32-33H,13-16H2,1-2H3. The number of halogens is 4. The van der Waals surface area contributed by atoms with Gasteiger partial charge < -0.3 is 19.7 Å².